The van der Waals surface area contributed by atoms with E-state index in [-0.39, 0.29) is 26.2 Å². The molecule has 0 rings (SSSR count). The summed E-state index contributed by atoms with van der Waals surface area (Å²) in [5, 5.41) is 24.1. The number of hydrogen-bond donors (Lipinski definition) is 5. The van der Waals surface area contributed by atoms with Gasteiger partial charge >= 0.3 is 7.82 Å². The molecule has 10 heteroatoms. The summed E-state index contributed by atoms with van der Waals surface area (Å²) < 4.78 is 22.1. The van der Waals surface area contributed by atoms with E-state index in [1.54, 1.807) is 0 Å². The van der Waals surface area contributed by atoms with Crippen LogP contribution in [0.15, 0.2) is 24.3 Å². The molecule has 6 N–H and O–H groups in total. The van der Waals surface area contributed by atoms with E-state index in [0.717, 1.165) is 44.9 Å². The van der Waals surface area contributed by atoms with Crippen molar-refractivity contribution in [3.8, 4) is 0 Å². The van der Waals surface area contributed by atoms with Crippen LogP contribution >= 0.6 is 7.82 Å². The van der Waals surface area contributed by atoms with E-state index in [1.165, 1.54) is 116 Å². The molecule has 0 aromatic heterocycles. The number of hydrogen-bond acceptors (Lipinski definition) is 7. The van der Waals surface area contributed by atoms with Crippen LogP contribution in [0.3, 0.4) is 0 Å². The van der Waals surface area contributed by atoms with Crippen molar-refractivity contribution in [3.05, 3.63) is 24.3 Å². The van der Waals surface area contributed by atoms with Crippen molar-refractivity contribution in [2.45, 2.75) is 212 Å². The summed E-state index contributed by atoms with van der Waals surface area (Å²) >= 11 is 0. The van der Waals surface area contributed by atoms with E-state index < -0.39 is 32.0 Å². The molecule has 4 unspecified atom stereocenters. The van der Waals surface area contributed by atoms with Crippen molar-refractivity contribution < 1.29 is 33.5 Å². The first-order chi connectivity index (χ1) is 24.8. The fraction of sp³-hybridized carbons (Fsp3) is 0.878. The molecule has 0 fully saturated rings. The Morgan fingerprint density at radius 2 is 1.10 bits per heavy atom. The first-order valence-corrected chi connectivity index (χ1v) is 22.5. The molecule has 0 aliphatic rings. The molecule has 0 radical (unpaired) electrons. The standard InChI is InChI=1S/C41H81N2O7P/c1-3-5-7-9-11-13-15-17-18-19-20-21-22-24-26-28-30-32-38(44)36-41(46)43-39(37-50-51(47,48)49-35-34-42)40(45)33-31-29-27-25-23-16-14-12-10-8-6-4-2/h11,13,15,17,38-40,44-45H,3-10,12,14,16,18-37,42H2,1-2H3,(H,43,46)(H,47,48)/b13-11-,17-15-. The van der Waals surface area contributed by atoms with E-state index in [0.29, 0.717) is 12.8 Å². The van der Waals surface area contributed by atoms with E-state index in [9.17, 15) is 24.5 Å². The summed E-state index contributed by atoms with van der Waals surface area (Å²) in [6.45, 7) is 4.00. The zero-order chi connectivity index (χ0) is 37.7. The lowest BCUT2D eigenvalue weighted by Crippen LogP contribution is -2.47. The van der Waals surface area contributed by atoms with Gasteiger partial charge in [-0.2, -0.15) is 0 Å². The third kappa shape index (κ3) is 35.7. The van der Waals surface area contributed by atoms with Crippen LogP contribution in [0.4, 0.5) is 0 Å². The van der Waals surface area contributed by atoms with Crippen molar-refractivity contribution >= 4 is 13.7 Å². The molecule has 0 heterocycles. The minimum Gasteiger partial charge on any atom is -0.393 e. The smallest absolute Gasteiger partial charge is 0.393 e. The molecule has 0 saturated carbocycles. The fourth-order valence-corrected chi connectivity index (χ4v) is 6.93. The van der Waals surface area contributed by atoms with Crippen LogP contribution in [-0.2, 0) is 18.4 Å². The molecular formula is C41H81N2O7P. The van der Waals surface area contributed by atoms with Crippen LogP contribution in [0.2, 0.25) is 0 Å². The molecule has 0 bridgehead atoms. The molecule has 302 valence electrons. The lowest BCUT2D eigenvalue weighted by Gasteiger charge is -2.25. The average molecular weight is 745 g/mol. The number of rotatable bonds is 39. The van der Waals surface area contributed by atoms with Gasteiger partial charge in [-0.1, -0.05) is 173 Å². The fourth-order valence-electron chi connectivity index (χ4n) is 6.17. The summed E-state index contributed by atoms with van der Waals surface area (Å²) in [6.07, 6.45) is 37.8. The third-order valence-corrected chi connectivity index (χ3v) is 10.4. The van der Waals surface area contributed by atoms with Gasteiger partial charge in [0.1, 0.15) is 0 Å². The van der Waals surface area contributed by atoms with Gasteiger partial charge in [-0.3, -0.25) is 13.8 Å². The Balaban J connectivity index is 4.27. The minimum atomic E-state index is -4.37. The summed E-state index contributed by atoms with van der Waals surface area (Å²) in [6, 6.07) is -0.896. The lowest BCUT2D eigenvalue weighted by molar-refractivity contribution is -0.125. The number of allylic oxidation sites excluding steroid dienone is 4. The van der Waals surface area contributed by atoms with E-state index in [2.05, 4.69) is 43.5 Å². The Hall–Kier alpha value is -1.06. The van der Waals surface area contributed by atoms with Gasteiger partial charge in [-0.15, -0.1) is 0 Å². The normalized spacial score (nSPS) is 15.0. The highest BCUT2D eigenvalue weighted by atomic mass is 31.2. The van der Waals surface area contributed by atoms with Gasteiger partial charge in [-0.25, -0.2) is 4.57 Å². The molecule has 0 saturated heterocycles. The van der Waals surface area contributed by atoms with Crippen molar-refractivity contribution in [1.29, 1.82) is 0 Å². The number of carbonyl (C=O) groups excluding carboxylic acids is 1. The zero-order valence-electron chi connectivity index (χ0n) is 33.0. The largest absolute Gasteiger partial charge is 0.472 e. The Morgan fingerprint density at radius 1 is 0.667 bits per heavy atom. The number of amides is 1. The van der Waals surface area contributed by atoms with Gasteiger partial charge in [0.25, 0.3) is 0 Å². The molecule has 9 nitrogen and oxygen atoms in total. The first kappa shape index (κ1) is 49.9. The highest BCUT2D eigenvalue weighted by Gasteiger charge is 2.28. The zero-order valence-corrected chi connectivity index (χ0v) is 33.9. The quantitative estimate of drug-likeness (QED) is 0.0237. The number of unbranched alkanes of at least 4 members (excludes halogenated alkanes) is 22. The summed E-state index contributed by atoms with van der Waals surface area (Å²) in [5.41, 5.74) is 5.36. The molecule has 0 spiro atoms. The molecule has 0 aliphatic carbocycles. The van der Waals surface area contributed by atoms with E-state index in [4.69, 9.17) is 14.8 Å². The number of aliphatic hydroxyl groups excluding tert-OH is 2. The minimum absolute atomic E-state index is 0.0588. The second kappa shape index (κ2) is 37.3. The van der Waals surface area contributed by atoms with Crippen LogP contribution in [0.5, 0.6) is 0 Å². The predicted molar refractivity (Wildman–Crippen MR) is 214 cm³/mol. The maximum absolute atomic E-state index is 12.8. The van der Waals surface area contributed by atoms with Gasteiger partial charge in [0.05, 0.1) is 37.9 Å². The van der Waals surface area contributed by atoms with Crippen LogP contribution in [-0.4, -0.2) is 59.0 Å². The number of phosphoric acid groups is 1. The predicted octanol–water partition coefficient (Wildman–Crippen LogP) is 10.4. The maximum Gasteiger partial charge on any atom is 0.472 e. The SMILES string of the molecule is CCCCC/C=C\C=C/CCCCCCCCCCC(O)CC(=O)NC(COP(=O)(O)OCCN)C(O)CCCCCCCCCCCCCC. The van der Waals surface area contributed by atoms with E-state index >= 15 is 0 Å². The van der Waals surface area contributed by atoms with Crippen LogP contribution in [0.25, 0.3) is 0 Å². The molecular weight excluding hydrogens is 663 g/mol. The highest BCUT2D eigenvalue weighted by Crippen LogP contribution is 2.43. The number of aliphatic hydroxyl groups is 2. The Morgan fingerprint density at radius 3 is 1.61 bits per heavy atom. The van der Waals surface area contributed by atoms with Crippen molar-refractivity contribution in [2.75, 3.05) is 19.8 Å². The van der Waals surface area contributed by atoms with Crippen LogP contribution in [0, 0.1) is 0 Å². The van der Waals surface area contributed by atoms with Gasteiger partial charge in [0.15, 0.2) is 0 Å². The van der Waals surface area contributed by atoms with Crippen molar-refractivity contribution in [2.24, 2.45) is 5.73 Å². The van der Waals surface area contributed by atoms with Crippen molar-refractivity contribution in [1.82, 2.24) is 5.32 Å². The number of nitrogens with one attached hydrogen (secondary N) is 1. The first-order valence-electron chi connectivity index (χ1n) is 21.0. The topological polar surface area (TPSA) is 151 Å². The summed E-state index contributed by atoms with van der Waals surface area (Å²) in [5.74, 6) is -0.418. The Bertz CT molecular complexity index is 873. The Kier molecular flexibility index (Phi) is 36.5. The maximum atomic E-state index is 12.8. The Labute approximate surface area is 313 Å². The molecule has 4 atom stereocenters. The molecule has 51 heavy (non-hydrogen) atoms. The summed E-state index contributed by atoms with van der Waals surface area (Å²) in [4.78, 5) is 22.7. The highest BCUT2D eigenvalue weighted by molar-refractivity contribution is 7.47. The second-order valence-electron chi connectivity index (χ2n) is 14.4. The van der Waals surface area contributed by atoms with Crippen molar-refractivity contribution in [3.63, 3.8) is 0 Å². The number of nitrogens with two attached hydrogens (primary N) is 1. The average Bonchev–Trinajstić information content (AvgIpc) is 3.10. The molecule has 0 aromatic carbocycles. The van der Waals surface area contributed by atoms with Crippen LogP contribution < -0.4 is 11.1 Å². The van der Waals surface area contributed by atoms with Gasteiger partial charge in [0, 0.05) is 6.54 Å². The summed E-state index contributed by atoms with van der Waals surface area (Å²) in [7, 11) is -4.37. The van der Waals surface area contributed by atoms with E-state index in [1.807, 2.05) is 0 Å². The molecule has 1 amide bonds. The van der Waals surface area contributed by atoms with Gasteiger partial charge in [0.2, 0.25) is 5.91 Å². The monoisotopic (exact) mass is 745 g/mol. The van der Waals surface area contributed by atoms with Gasteiger partial charge in [-0.05, 0) is 38.5 Å². The number of phosphoric ester groups is 1. The third-order valence-electron chi connectivity index (χ3n) is 9.39. The molecule has 0 aromatic rings. The number of carbonyl (C=O) groups is 1. The lowest BCUT2D eigenvalue weighted by atomic mass is 10.0. The molecule has 0 aliphatic heterocycles. The van der Waals surface area contributed by atoms with Crippen LogP contribution in [0.1, 0.15) is 194 Å². The second-order valence-corrected chi connectivity index (χ2v) is 15.9. The van der Waals surface area contributed by atoms with Gasteiger partial charge < -0.3 is 26.2 Å².